The van der Waals surface area contributed by atoms with Crippen molar-refractivity contribution in [2.75, 3.05) is 11.5 Å². The van der Waals surface area contributed by atoms with E-state index < -0.39 is 5.54 Å². The molecule has 0 spiro atoms. The molecule has 1 aromatic heterocycles. The topological polar surface area (TPSA) is 55.3 Å². The highest BCUT2D eigenvalue weighted by Crippen LogP contribution is 2.33. The number of hydrogen-bond donors (Lipinski definition) is 0. The van der Waals surface area contributed by atoms with Crippen LogP contribution in [0.15, 0.2) is 28.7 Å². The molecule has 0 atom stereocenters. The third-order valence-corrected chi connectivity index (χ3v) is 4.28. The summed E-state index contributed by atoms with van der Waals surface area (Å²) in [5.41, 5.74) is 0.522. The van der Waals surface area contributed by atoms with Crippen molar-refractivity contribution in [3.05, 3.63) is 28.7 Å². The Morgan fingerprint density at radius 2 is 2.05 bits per heavy atom. The predicted molar refractivity (Wildman–Crippen MR) is 81.0 cm³/mol. The monoisotopic (exact) mass is 353 g/mol. The summed E-state index contributed by atoms with van der Waals surface area (Å²) in [5, 5.41) is 0.565. The van der Waals surface area contributed by atoms with Gasteiger partial charge in [0, 0.05) is 21.6 Å². The molecule has 3 rings (SSSR count). The zero-order valence-electron chi connectivity index (χ0n) is 11.0. The lowest BCUT2D eigenvalue weighted by Gasteiger charge is -2.24. The Bertz CT molecular complexity index is 654. The molecule has 1 aromatic carbocycles. The van der Waals surface area contributed by atoms with Crippen LogP contribution in [0.25, 0.3) is 11.4 Å². The van der Waals surface area contributed by atoms with Crippen molar-refractivity contribution >= 4 is 38.7 Å². The second-order valence-corrected chi connectivity index (χ2v) is 6.76. The highest BCUT2D eigenvalue weighted by Gasteiger charge is 2.42. The third kappa shape index (κ3) is 2.31. The van der Waals surface area contributed by atoms with Crippen molar-refractivity contribution in [3.8, 4) is 11.4 Å². The number of carbonyl (C=O) groups excluding carboxylic acids is 1. The summed E-state index contributed by atoms with van der Waals surface area (Å²) in [7, 11) is 0. The van der Waals surface area contributed by atoms with Gasteiger partial charge in [-0.2, -0.15) is 9.36 Å². The number of ether oxygens (including phenoxy) is 1. The van der Waals surface area contributed by atoms with E-state index in [9.17, 15) is 4.79 Å². The number of rotatable bonds is 2. The maximum Gasteiger partial charge on any atom is 0.416 e. The van der Waals surface area contributed by atoms with E-state index in [1.165, 1.54) is 11.5 Å². The Balaban J connectivity index is 1.94. The highest BCUT2D eigenvalue weighted by atomic mass is 79.9. The Labute approximate surface area is 128 Å². The molecule has 0 bridgehead atoms. The summed E-state index contributed by atoms with van der Waals surface area (Å²) in [6.45, 7) is 4.25. The van der Waals surface area contributed by atoms with Crippen LogP contribution in [0.3, 0.4) is 0 Å². The van der Waals surface area contributed by atoms with Crippen LogP contribution in [0.2, 0.25) is 0 Å². The SMILES string of the molecule is CC1(C)COC(=O)N1c1nc(-c2ccc(Br)cc2)ns1. The maximum absolute atomic E-state index is 11.8. The van der Waals surface area contributed by atoms with Crippen LogP contribution >= 0.6 is 27.5 Å². The van der Waals surface area contributed by atoms with Crippen molar-refractivity contribution < 1.29 is 9.53 Å². The minimum atomic E-state index is -0.395. The van der Waals surface area contributed by atoms with Crippen LogP contribution in [-0.4, -0.2) is 27.6 Å². The Morgan fingerprint density at radius 1 is 1.35 bits per heavy atom. The third-order valence-electron chi connectivity index (χ3n) is 3.05. The summed E-state index contributed by atoms with van der Waals surface area (Å²) in [4.78, 5) is 17.8. The lowest BCUT2D eigenvalue weighted by atomic mass is 10.1. The Hall–Kier alpha value is -1.47. The molecule has 0 unspecified atom stereocenters. The van der Waals surface area contributed by atoms with Gasteiger partial charge in [-0.3, -0.25) is 0 Å². The second kappa shape index (κ2) is 4.82. The number of anilines is 1. The van der Waals surface area contributed by atoms with Gasteiger partial charge in [0.2, 0.25) is 5.13 Å². The van der Waals surface area contributed by atoms with Gasteiger partial charge < -0.3 is 4.74 Å². The number of benzene rings is 1. The standard InChI is InChI=1S/C13H12BrN3O2S/c1-13(2)7-19-12(18)17(13)11-15-10(16-20-11)8-3-5-9(14)6-4-8/h3-6H,7H2,1-2H3. The summed E-state index contributed by atoms with van der Waals surface area (Å²) < 4.78 is 10.4. The molecule has 1 saturated heterocycles. The van der Waals surface area contributed by atoms with Crippen LogP contribution in [0.4, 0.5) is 9.93 Å². The lowest BCUT2D eigenvalue weighted by molar-refractivity contribution is 0.175. The van der Waals surface area contributed by atoms with Crippen molar-refractivity contribution in [1.82, 2.24) is 9.36 Å². The van der Waals surface area contributed by atoms with Gasteiger partial charge in [-0.1, -0.05) is 28.1 Å². The summed E-state index contributed by atoms with van der Waals surface area (Å²) in [5.74, 6) is 0.619. The van der Waals surface area contributed by atoms with Crippen molar-refractivity contribution in [2.24, 2.45) is 0 Å². The molecule has 1 aliphatic rings. The average molecular weight is 354 g/mol. The zero-order valence-corrected chi connectivity index (χ0v) is 13.4. The van der Waals surface area contributed by atoms with Crippen molar-refractivity contribution in [3.63, 3.8) is 0 Å². The summed E-state index contributed by atoms with van der Waals surface area (Å²) in [6.07, 6.45) is -0.367. The minimum absolute atomic E-state index is 0.360. The molecular formula is C13H12BrN3O2S. The largest absolute Gasteiger partial charge is 0.447 e. The molecule has 1 aliphatic heterocycles. The first-order valence-electron chi connectivity index (χ1n) is 6.04. The maximum atomic E-state index is 11.8. The van der Waals surface area contributed by atoms with Crippen LogP contribution in [0.5, 0.6) is 0 Å². The first kappa shape index (κ1) is 13.5. The molecule has 2 aromatic rings. The van der Waals surface area contributed by atoms with Crippen LogP contribution in [0.1, 0.15) is 13.8 Å². The normalized spacial score (nSPS) is 17.4. The lowest BCUT2D eigenvalue weighted by Crippen LogP contribution is -2.42. The Kier molecular flexibility index (Phi) is 3.25. The summed E-state index contributed by atoms with van der Waals surface area (Å²) in [6, 6.07) is 7.74. The quantitative estimate of drug-likeness (QED) is 0.825. The first-order chi connectivity index (χ1) is 9.47. The summed E-state index contributed by atoms with van der Waals surface area (Å²) >= 11 is 4.60. The minimum Gasteiger partial charge on any atom is -0.447 e. The van der Waals surface area contributed by atoms with E-state index >= 15 is 0 Å². The number of halogens is 1. The van der Waals surface area contributed by atoms with Crippen LogP contribution in [-0.2, 0) is 4.74 Å². The molecule has 20 heavy (non-hydrogen) atoms. The molecule has 0 aliphatic carbocycles. The van der Waals surface area contributed by atoms with Gasteiger partial charge >= 0.3 is 6.09 Å². The van der Waals surface area contributed by atoms with Crippen molar-refractivity contribution in [1.29, 1.82) is 0 Å². The zero-order chi connectivity index (χ0) is 14.3. The van der Waals surface area contributed by atoms with Crippen LogP contribution < -0.4 is 4.90 Å². The highest BCUT2D eigenvalue weighted by molar-refractivity contribution is 9.10. The molecule has 1 amide bonds. The molecule has 1 fully saturated rings. The van der Waals surface area contributed by atoms with Gasteiger partial charge in [0.15, 0.2) is 5.82 Å². The first-order valence-corrected chi connectivity index (χ1v) is 7.61. The molecule has 5 nitrogen and oxygen atoms in total. The number of amides is 1. The van der Waals surface area contributed by atoms with Gasteiger partial charge in [-0.15, -0.1) is 0 Å². The number of cyclic esters (lactones) is 1. The predicted octanol–water partition coefficient (Wildman–Crippen LogP) is 3.70. The number of hydrogen-bond acceptors (Lipinski definition) is 5. The fourth-order valence-corrected chi connectivity index (χ4v) is 3.08. The number of carbonyl (C=O) groups is 1. The molecule has 104 valence electrons. The van der Waals surface area contributed by atoms with Crippen LogP contribution in [0, 0.1) is 0 Å². The van der Waals surface area contributed by atoms with E-state index in [-0.39, 0.29) is 6.09 Å². The van der Waals surface area contributed by atoms with E-state index in [1.54, 1.807) is 4.90 Å². The molecule has 0 saturated carbocycles. The number of nitrogens with zero attached hydrogens (tertiary/aromatic N) is 3. The molecule has 7 heteroatoms. The molecule has 0 N–H and O–H groups in total. The van der Waals surface area contributed by atoms with E-state index in [4.69, 9.17) is 4.74 Å². The second-order valence-electron chi connectivity index (χ2n) is 5.11. The van der Waals surface area contributed by atoms with Gasteiger partial charge in [0.1, 0.15) is 6.61 Å². The van der Waals surface area contributed by atoms with Gasteiger partial charge in [-0.25, -0.2) is 9.69 Å². The molecule has 2 heterocycles. The smallest absolute Gasteiger partial charge is 0.416 e. The van der Waals surface area contributed by atoms with Gasteiger partial charge in [0.25, 0.3) is 0 Å². The fourth-order valence-electron chi connectivity index (χ4n) is 1.97. The van der Waals surface area contributed by atoms with E-state index in [0.717, 1.165) is 10.0 Å². The molecular weight excluding hydrogens is 342 g/mol. The number of aromatic nitrogens is 2. The van der Waals surface area contributed by atoms with Gasteiger partial charge in [-0.05, 0) is 26.0 Å². The van der Waals surface area contributed by atoms with E-state index in [0.29, 0.717) is 17.6 Å². The fraction of sp³-hybridized carbons (Fsp3) is 0.308. The van der Waals surface area contributed by atoms with E-state index in [1.807, 2.05) is 38.1 Å². The Morgan fingerprint density at radius 3 is 2.65 bits per heavy atom. The average Bonchev–Trinajstić information content (AvgIpc) is 2.95. The molecule has 0 radical (unpaired) electrons. The van der Waals surface area contributed by atoms with Crippen molar-refractivity contribution in [2.45, 2.75) is 19.4 Å². The van der Waals surface area contributed by atoms with Gasteiger partial charge in [0.05, 0.1) is 5.54 Å². The van der Waals surface area contributed by atoms with E-state index in [2.05, 4.69) is 25.3 Å².